The van der Waals surface area contributed by atoms with Crippen LogP contribution in [0, 0.1) is 0 Å². The maximum Gasteiger partial charge on any atom is 0.327 e. The van der Waals surface area contributed by atoms with E-state index in [2.05, 4.69) is 25.9 Å². The molecule has 0 spiro atoms. The highest BCUT2D eigenvalue weighted by Crippen LogP contribution is 2.03. The smallest absolute Gasteiger partial charge is 0.327 e. The summed E-state index contributed by atoms with van der Waals surface area (Å²) in [5, 5.41) is -0.0982. The summed E-state index contributed by atoms with van der Waals surface area (Å²) in [6.07, 6.45) is 1.36. The van der Waals surface area contributed by atoms with Gasteiger partial charge in [0, 0.05) is 6.20 Å². The van der Waals surface area contributed by atoms with Gasteiger partial charge in [0.2, 0.25) is 5.43 Å². The number of pyridine rings is 1. The van der Waals surface area contributed by atoms with E-state index < -0.39 is 16.7 Å². The van der Waals surface area contributed by atoms with E-state index in [1.807, 2.05) is 4.98 Å². The van der Waals surface area contributed by atoms with E-state index in [0.29, 0.717) is 0 Å². The molecule has 6 nitrogen and oxygen atoms in total. The average molecular weight is 258 g/mol. The fraction of sp³-hybridized carbons (Fsp3) is 0. The van der Waals surface area contributed by atoms with Crippen molar-refractivity contribution in [2.45, 2.75) is 0 Å². The van der Waals surface area contributed by atoms with Gasteiger partial charge >= 0.3 is 5.69 Å². The molecular formula is C7H4BrN3O3. The van der Waals surface area contributed by atoms with Crippen LogP contribution in [0.1, 0.15) is 0 Å². The van der Waals surface area contributed by atoms with Gasteiger partial charge in [-0.15, -0.1) is 0 Å². The number of hydrogen-bond acceptors (Lipinski definition) is 3. The Balaban J connectivity index is 3.20. The fourth-order valence-electron chi connectivity index (χ4n) is 1.13. The molecule has 0 bridgehead atoms. The van der Waals surface area contributed by atoms with Crippen LogP contribution in [-0.2, 0) is 0 Å². The minimum atomic E-state index is -0.703. The number of halogens is 1. The van der Waals surface area contributed by atoms with Gasteiger partial charge in [0.1, 0.15) is 11.0 Å². The van der Waals surface area contributed by atoms with Crippen molar-refractivity contribution in [2.24, 2.45) is 0 Å². The van der Waals surface area contributed by atoms with Gasteiger partial charge < -0.3 is 4.98 Å². The lowest BCUT2D eigenvalue weighted by atomic mass is 10.3. The van der Waals surface area contributed by atoms with Gasteiger partial charge in [-0.25, -0.2) is 4.79 Å². The number of H-pyrrole nitrogens is 3. The van der Waals surface area contributed by atoms with Crippen LogP contribution < -0.4 is 16.7 Å². The van der Waals surface area contributed by atoms with Crippen LogP contribution in [0.4, 0.5) is 0 Å². The standard InChI is InChI=1S/C7H4BrN3O3/c8-2-1-9-5-3(4(2)12)6(13)11-7(14)10-5/h1H,(H3,9,10,11,12,13,14). The molecule has 0 aliphatic carbocycles. The van der Waals surface area contributed by atoms with Crippen molar-refractivity contribution in [2.75, 3.05) is 0 Å². The maximum atomic E-state index is 11.5. The van der Waals surface area contributed by atoms with E-state index in [9.17, 15) is 14.4 Å². The highest BCUT2D eigenvalue weighted by Gasteiger charge is 2.07. The molecule has 3 N–H and O–H groups in total. The molecule has 0 saturated heterocycles. The highest BCUT2D eigenvalue weighted by atomic mass is 79.9. The largest absolute Gasteiger partial charge is 0.346 e. The van der Waals surface area contributed by atoms with E-state index in [-0.39, 0.29) is 15.5 Å². The Kier molecular flexibility index (Phi) is 1.88. The molecule has 7 heteroatoms. The molecule has 2 aromatic heterocycles. The zero-order chi connectivity index (χ0) is 10.3. The molecule has 0 unspecified atom stereocenters. The van der Waals surface area contributed by atoms with E-state index in [0.717, 1.165) is 0 Å². The lowest BCUT2D eigenvalue weighted by Gasteiger charge is -1.95. The van der Waals surface area contributed by atoms with Crippen molar-refractivity contribution in [1.82, 2.24) is 15.0 Å². The van der Waals surface area contributed by atoms with E-state index in [1.54, 1.807) is 0 Å². The third-order valence-corrected chi connectivity index (χ3v) is 2.32. The molecule has 2 aromatic rings. The number of rotatable bonds is 0. The second-order valence-electron chi connectivity index (χ2n) is 2.62. The Morgan fingerprint density at radius 2 is 1.86 bits per heavy atom. The second kappa shape index (κ2) is 2.95. The Bertz CT molecular complexity index is 666. The summed E-state index contributed by atoms with van der Waals surface area (Å²) in [6.45, 7) is 0. The summed E-state index contributed by atoms with van der Waals surface area (Å²) in [6, 6.07) is 0. The fourth-order valence-corrected chi connectivity index (χ4v) is 1.44. The SMILES string of the molecule is O=c1[nH]c(=O)c2c(=O)c(Br)c[nH]c2[nH]1. The van der Waals surface area contributed by atoms with Gasteiger partial charge in [0.05, 0.1) is 4.47 Å². The van der Waals surface area contributed by atoms with Gasteiger partial charge in [-0.3, -0.25) is 19.6 Å². The van der Waals surface area contributed by atoms with E-state index in [1.165, 1.54) is 6.20 Å². The highest BCUT2D eigenvalue weighted by molar-refractivity contribution is 9.10. The number of nitrogens with one attached hydrogen (secondary N) is 3. The van der Waals surface area contributed by atoms with Crippen LogP contribution in [0.3, 0.4) is 0 Å². The number of hydrogen-bond donors (Lipinski definition) is 3. The van der Waals surface area contributed by atoms with Gasteiger partial charge in [0.15, 0.2) is 0 Å². The first-order valence-corrected chi connectivity index (χ1v) is 4.42. The van der Waals surface area contributed by atoms with Crippen molar-refractivity contribution in [3.05, 3.63) is 41.7 Å². The summed E-state index contributed by atoms with van der Waals surface area (Å²) in [7, 11) is 0. The monoisotopic (exact) mass is 257 g/mol. The third kappa shape index (κ3) is 1.22. The maximum absolute atomic E-state index is 11.5. The first kappa shape index (κ1) is 8.95. The van der Waals surface area contributed by atoms with Gasteiger partial charge in [-0.05, 0) is 15.9 Å². The normalized spacial score (nSPS) is 10.6. The van der Waals surface area contributed by atoms with Crippen LogP contribution in [-0.4, -0.2) is 15.0 Å². The van der Waals surface area contributed by atoms with Crippen LogP contribution in [0.15, 0.2) is 25.1 Å². The minimum Gasteiger partial charge on any atom is -0.346 e. The van der Waals surface area contributed by atoms with Crippen LogP contribution >= 0.6 is 15.9 Å². The van der Waals surface area contributed by atoms with Crippen molar-refractivity contribution < 1.29 is 0 Å². The first-order chi connectivity index (χ1) is 6.59. The van der Waals surface area contributed by atoms with Gasteiger partial charge in [-0.1, -0.05) is 0 Å². The predicted octanol–water partition coefficient (Wildman–Crippen LogP) is -0.333. The molecule has 2 heterocycles. The van der Waals surface area contributed by atoms with Crippen molar-refractivity contribution in [1.29, 1.82) is 0 Å². The lowest BCUT2D eigenvalue weighted by molar-refractivity contribution is 1.06. The number of aromatic amines is 3. The Morgan fingerprint density at radius 3 is 2.57 bits per heavy atom. The Hall–Kier alpha value is -1.63. The molecule has 0 aliphatic heterocycles. The van der Waals surface area contributed by atoms with Crippen molar-refractivity contribution >= 4 is 27.0 Å². The quantitative estimate of drug-likeness (QED) is 0.603. The zero-order valence-electron chi connectivity index (χ0n) is 6.68. The summed E-state index contributed by atoms with van der Waals surface area (Å²) < 4.78 is 0.238. The zero-order valence-corrected chi connectivity index (χ0v) is 8.27. The summed E-state index contributed by atoms with van der Waals surface area (Å²) >= 11 is 2.98. The topological polar surface area (TPSA) is 98.6 Å². The molecule has 0 aliphatic rings. The molecular weight excluding hydrogens is 254 g/mol. The Morgan fingerprint density at radius 1 is 1.14 bits per heavy atom. The average Bonchev–Trinajstić information content (AvgIpc) is 2.10. The molecule has 14 heavy (non-hydrogen) atoms. The third-order valence-electron chi connectivity index (χ3n) is 1.73. The van der Waals surface area contributed by atoms with E-state index in [4.69, 9.17) is 0 Å². The van der Waals surface area contributed by atoms with Gasteiger partial charge in [0.25, 0.3) is 5.56 Å². The first-order valence-electron chi connectivity index (χ1n) is 3.63. The summed E-state index contributed by atoms with van der Waals surface area (Å²) in [5.41, 5.74) is -1.70. The number of fused-ring (bicyclic) bond motifs is 1. The van der Waals surface area contributed by atoms with E-state index >= 15 is 0 Å². The summed E-state index contributed by atoms with van der Waals surface area (Å²) in [5.74, 6) is 0. The molecule has 2 rings (SSSR count). The molecule has 0 radical (unpaired) electrons. The predicted molar refractivity (Wildman–Crippen MR) is 53.5 cm³/mol. The van der Waals surface area contributed by atoms with Crippen LogP contribution in [0.25, 0.3) is 11.0 Å². The van der Waals surface area contributed by atoms with Crippen LogP contribution in [0.2, 0.25) is 0 Å². The second-order valence-corrected chi connectivity index (χ2v) is 3.48. The van der Waals surface area contributed by atoms with Crippen molar-refractivity contribution in [3.63, 3.8) is 0 Å². The molecule has 0 amide bonds. The number of aromatic nitrogens is 3. The molecule has 72 valence electrons. The molecule has 0 fully saturated rings. The Labute approximate surface area is 84.1 Å². The lowest BCUT2D eigenvalue weighted by Crippen LogP contribution is -2.26. The summed E-state index contributed by atoms with van der Waals surface area (Å²) in [4.78, 5) is 40.5. The molecule has 0 saturated carbocycles. The van der Waals surface area contributed by atoms with Crippen LogP contribution in [0.5, 0.6) is 0 Å². The molecule has 0 aromatic carbocycles. The van der Waals surface area contributed by atoms with Crippen molar-refractivity contribution in [3.8, 4) is 0 Å². The minimum absolute atomic E-state index is 0.0982. The van der Waals surface area contributed by atoms with Gasteiger partial charge in [-0.2, -0.15) is 0 Å². The molecule has 0 atom stereocenters.